The Morgan fingerprint density at radius 3 is 2.35 bits per heavy atom. The van der Waals surface area contributed by atoms with Crippen LogP contribution >= 0.6 is 0 Å². The number of halogens is 3. The Kier molecular flexibility index (Phi) is 9.73. The lowest BCUT2D eigenvalue weighted by Gasteiger charge is -2.42. The van der Waals surface area contributed by atoms with Crippen LogP contribution in [0.5, 0.6) is 0 Å². The fraction of sp³-hybridized carbons (Fsp3) is 0.471. The molecule has 4 unspecified atom stereocenters. The van der Waals surface area contributed by atoms with Crippen LogP contribution in [0.25, 0.3) is 0 Å². The molecular weight excluding hydrogens is 465 g/mol. The summed E-state index contributed by atoms with van der Waals surface area (Å²) in [5, 5.41) is 0. The first-order valence-corrected chi connectivity index (χ1v) is 14.0. The third-order valence-corrected chi connectivity index (χ3v) is 8.46. The largest absolute Gasteiger partial charge is 0.207 e. The van der Waals surface area contributed by atoms with E-state index in [1.807, 2.05) is 31.2 Å². The Bertz CT molecular complexity index is 1180. The monoisotopic (exact) mass is 504 g/mol. The van der Waals surface area contributed by atoms with E-state index >= 15 is 4.39 Å². The topological polar surface area (TPSA) is 0 Å². The molecule has 4 atom stereocenters. The molecule has 0 N–H and O–H groups in total. The third kappa shape index (κ3) is 6.98. The molecule has 2 aromatic rings. The number of hydrogen-bond acceptors (Lipinski definition) is 0. The van der Waals surface area contributed by atoms with E-state index in [1.54, 1.807) is 6.07 Å². The second-order valence-corrected chi connectivity index (χ2v) is 10.8. The second-order valence-electron chi connectivity index (χ2n) is 10.8. The zero-order chi connectivity index (χ0) is 26.2. The third-order valence-electron chi connectivity index (χ3n) is 8.46. The van der Waals surface area contributed by atoms with Crippen molar-refractivity contribution < 1.29 is 13.2 Å². The van der Waals surface area contributed by atoms with Crippen molar-refractivity contribution in [3.63, 3.8) is 0 Å². The van der Waals surface area contributed by atoms with Crippen LogP contribution in [0.3, 0.4) is 0 Å². The molecule has 2 aromatic carbocycles. The van der Waals surface area contributed by atoms with Crippen LogP contribution in [0, 0.1) is 47.0 Å². The van der Waals surface area contributed by atoms with Gasteiger partial charge < -0.3 is 0 Å². The summed E-state index contributed by atoms with van der Waals surface area (Å²) < 4.78 is 44.1. The van der Waals surface area contributed by atoms with E-state index in [-0.39, 0.29) is 17.3 Å². The van der Waals surface area contributed by atoms with Gasteiger partial charge in [0.05, 0.1) is 5.56 Å². The average molecular weight is 505 g/mol. The van der Waals surface area contributed by atoms with E-state index in [1.165, 1.54) is 50.7 Å². The lowest BCUT2D eigenvalue weighted by molar-refractivity contribution is 0.114. The van der Waals surface area contributed by atoms with Gasteiger partial charge in [-0.3, -0.25) is 0 Å². The molecular formula is C34H39F3. The molecule has 2 aliphatic rings. The molecule has 0 radical (unpaired) electrons. The lowest BCUT2D eigenvalue weighted by Crippen LogP contribution is -2.30. The van der Waals surface area contributed by atoms with Gasteiger partial charge in [-0.2, -0.15) is 0 Å². The minimum Gasteiger partial charge on any atom is -0.207 e. The summed E-state index contributed by atoms with van der Waals surface area (Å²) in [7, 11) is 0. The van der Waals surface area contributed by atoms with E-state index in [9.17, 15) is 8.78 Å². The predicted molar refractivity (Wildman–Crippen MR) is 147 cm³/mol. The molecule has 0 aliphatic heterocycles. The van der Waals surface area contributed by atoms with Gasteiger partial charge >= 0.3 is 0 Å². The van der Waals surface area contributed by atoms with E-state index in [0.29, 0.717) is 29.9 Å². The Morgan fingerprint density at radius 2 is 1.57 bits per heavy atom. The highest BCUT2D eigenvalue weighted by molar-refractivity contribution is 5.46. The van der Waals surface area contributed by atoms with Crippen molar-refractivity contribution in [3.8, 4) is 11.8 Å². The molecule has 196 valence electrons. The van der Waals surface area contributed by atoms with Crippen molar-refractivity contribution in [2.75, 3.05) is 0 Å². The Hall–Kier alpha value is -2.73. The van der Waals surface area contributed by atoms with Crippen molar-refractivity contribution in [3.05, 3.63) is 94.3 Å². The van der Waals surface area contributed by atoms with Gasteiger partial charge in [0.25, 0.3) is 0 Å². The van der Waals surface area contributed by atoms with Gasteiger partial charge in [-0.25, -0.2) is 13.2 Å². The van der Waals surface area contributed by atoms with E-state index in [4.69, 9.17) is 0 Å². The van der Waals surface area contributed by atoms with Crippen molar-refractivity contribution in [1.29, 1.82) is 0 Å². The van der Waals surface area contributed by atoms with Crippen LogP contribution in [0.1, 0.15) is 99.8 Å². The molecule has 0 aromatic heterocycles. The number of hydrogen-bond donors (Lipinski definition) is 0. The van der Waals surface area contributed by atoms with Gasteiger partial charge in [0, 0.05) is 5.56 Å². The van der Waals surface area contributed by atoms with E-state index < -0.39 is 11.6 Å². The van der Waals surface area contributed by atoms with Crippen molar-refractivity contribution in [2.45, 2.75) is 84.0 Å². The van der Waals surface area contributed by atoms with Gasteiger partial charge in [0.15, 0.2) is 11.6 Å². The summed E-state index contributed by atoms with van der Waals surface area (Å²) in [5.74, 6) is 6.11. The van der Waals surface area contributed by atoms with Crippen molar-refractivity contribution >= 4 is 0 Å². The lowest BCUT2D eigenvalue weighted by atomic mass is 9.63. The maximum atomic E-state index is 15.1. The Morgan fingerprint density at radius 1 is 0.811 bits per heavy atom. The Balaban J connectivity index is 1.39. The van der Waals surface area contributed by atoms with E-state index in [2.05, 4.69) is 30.9 Å². The van der Waals surface area contributed by atoms with Crippen LogP contribution in [-0.2, 0) is 6.42 Å². The molecule has 3 heteroatoms. The molecule has 37 heavy (non-hydrogen) atoms. The smallest absolute Gasteiger partial charge is 0.174 e. The zero-order valence-electron chi connectivity index (χ0n) is 22.2. The van der Waals surface area contributed by atoms with Crippen LogP contribution in [-0.4, -0.2) is 0 Å². The first kappa shape index (κ1) is 27.3. The number of aryl methyl sites for hydroxylation is 1. The minimum atomic E-state index is -0.934. The van der Waals surface area contributed by atoms with Gasteiger partial charge in [-0.1, -0.05) is 54.7 Å². The summed E-state index contributed by atoms with van der Waals surface area (Å²) >= 11 is 0. The summed E-state index contributed by atoms with van der Waals surface area (Å²) in [6.45, 7) is 3.98. The molecule has 0 saturated heterocycles. The molecule has 2 fully saturated rings. The SMILES string of the molecule is C/C=C/CCc1ccc(C#Cc2ccc(C3CCC4CC(CC/C=C/C)CCC4C3)c(F)c2)c(F)c1F. The Labute approximate surface area is 221 Å². The summed E-state index contributed by atoms with van der Waals surface area (Å²) in [6.07, 6.45) is 19.0. The maximum absolute atomic E-state index is 15.1. The molecule has 0 bridgehead atoms. The van der Waals surface area contributed by atoms with E-state index in [0.717, 1.165) is 30.2 Å². The average Bonchev–Trinajstić information content (AvgIpc) is 2.90. The standard InChI is InChI=1S/C34H39F3/c1-3-5-7-9-24-12-15-29-23-30(19-18-28(29)21-24)31-20-13-25(22-32(31)35)11-14-27-17-16-26(10-8-6-4-2)33(36)34(27)37/h3-6,13,16-17,20,22,24,28-30H,7-10,12,15,18-19,21,23H2,1-2H3/b5-3+,6-4+. The quantitative estimate of drug-likeness (QED) is 0.260. The number of rotatable bonds is 7. The highest BCUT2D eigenvalue weighted by Crippen LogP contribution is 2.48. The van der Waals surface area contributed by atoms with Gasteiger partial charge in [-0.05, 0) is 125 Å². The van der Waals surface area contributed by atoms with Crippen molar-refractivity contribution in [1.82, 2.24) is 0 Å². The number of allylic oxidation sites excluding steroid dienone is 4. The first-order valence-electron chi connectivity index (χ1n) is 14.0. The molecule has 0 heterocycles. The van der Waals surface area contributed by atoms with Gasteiger partial charge in [-0.15, -0.1) is 0 Å². The number of benzene rings is 2. The normalized spacial score (nSPS) is 23.7. The highest BCUT2D eigenvalue weighted by Gasteiger charge is 2.36. The number of fused-ring (bicyclic) bond motifs is 1. The van der Waals surface area contributed by atoms with Crippen LogP contribution in [0.4, 0.5) is 13.2 Å². The maximum Gasteiger partial charge on any atom is 0.174 e. The van der Waals surface area contributed by atoms with Crippen LogP contribution in [0.2, 0.25) is 0 Å². The summed E-state index contributed by atoms with van der Waals surface area (Å²) in [4.78, 5) is 0. The predicted octanol–water partition coefficient (Wildman–Crippen LogP) is 9.67. The van der Waals surface area contributed by atoms with Gasteiger partial charge in [0.1, 0.15) is 5.82 Å². The molecule has 0 spiro atoms. The molecule has 0 amide bonds. The minimum absolute atomic E-state index is 0.00332. The molecule has 0 nitrogen and oxygen atoms in total. The fourth-order valence-electron chi connectivity index (χ4n) is 6.39. The fourth-order valence-corrected chi connectivity index (χ4v) is 6.39. The van der Waals surface area contributed by atoms with Crippen molar-refractivity contribution in [2.24, 2.45) is 17.8 Å². The molecule has 4 rings (SSSR count). The first-order chi connectivity index (χ1) is 18.0. The zero-order valence-corrected chi connectivity index (χ0v) is 22.2. The summed E-state index contributed by atoms with van der Waals surface area (Å²) in [5.41, 5.74) is 1.60. The molecule has 2 aliphatic carbocycles. The highest BCUT2D eigenvalue weighted by atomic mass is 19.2. The molecule has 2 saturated carbocycles. The van der Waals surface area contributed by atoms with Crippen LogP contribution < -0.4 is 0 Å². The summed E-state index contributed by atoms with van der Waals surface area (Å²) in [6, 6.07) is 8.21. The second kappa shape index (κ2) is 13.2. The van der Waals surface area contributed by atoms with Gasteiger partial charge in [0.2, 0.25) is 0 Å². The van der Waals surface area contributed by atoms with Crippen LogP contribution in [0.15, 0.2) is 54.6 Å².